The maximum atomic E-state index is 11.3. The Labute approximate surface area is 121 Å². The maximum Gasteiger partial charge on any atom is 0.238 e. The Morgan fingerprint density at radius 1 is 1.25 bits per heavy atom. The monoisotopic (exact) mass is 297 g/mol. The summed E-state index contributed by atoms with van der Waals surface area (Å²) in [7, 11) is -3.71. The minimum absolute atomic E-state index is 0.0597. The van der Waals surface area contributed by atoms with Crippen molar-refractivity contribution in [2.75, 3.05) is 17.2 Å². The van der Waals surface area contributed by atoms with Crippen LogP contribution in [0.25, 0.3) is 0 Å². The van der Waals surface area contributed by atoms with Gasteiger partial charge in [-0.25, -0.2) is 13.6 Å². The zero-order valence-corrected chi connectivity index (χ0v) is 13.0. The number of nitrogens with two attached hydrogens (primary N) is 2. The van der Waals surface area contributed by atoms with Crippen molar-refractivity contribution in [3.05, 3.63) is 18.2 Å². The summed E-state index contributed by atoms with van der Waals surface area (Å²) < 4.78 is 22.7. The lowest BCUT2D eigenvalue weighted by Crippen LogP contribution is -2.46. The van der Waals surface area contributed by atoms with Gasteiger partial charge in [0.2, 0.25) is 10.0 Å². The van der Waals surface area contributed by atoms with Gasteiger partial charge in [-0.1, -0.05) is 13.8 Å². The molecule has 1 fully saturated rings. The van der Waals surface area contributed by atoms with E-state index in [1.807, 2.05) is 0 Å². The van der Waals surface area contributed by atoms with Crippen molar-refractivity contribution in [1.29, 1.82) is 0 Å². The van der Waals surface area contributed by atoms with Gasteiger partial charge in [-0.2, -0.15) is 0 Å². The van der Waals surface area contributed by atoms with E-state index in [4.69, 9.17) is 10.9 Å². The van der Waals surface area contributed by atoms with Crippen LogP contribution in [-0.4, -0.2) is 21.0 Å². The maximum absolute atomic E-state index is 11.3. The molecule has 0 spiro atoms. The molecule has 5 nitrogen and oxygen atoms in total. The number of anilines is 2. The van der Waals surface area contributed by atoms with Gasteiger partial charge in [-0.05, 0) is 43.4 Å². The fourth-order valence-electron chi connectivity index (χ4n) is 3.00. The molecule has 20 heavy (non-hydrogen) atoms. The zero-order chi connectivity index (χ0) is 15.1. The molecule has 112 valence electrons. The van der Waals surface area contributed by atoms with Crippen molar-refractivity contribution in [1.82, 2.24) is 0 Å². The van der Waals surface area contributed by atoms with Gasteiger partial charge >= 0.3 is 0 Å². The molecule has 3 unspecified atom stereocenters. The van der Waals surface area contributed by atoms with Crippen molar-refractivity contribution in [3.8, 4) is 0 Å². The highest BCUT2D eigenvalue weighted by atomic mass is 32.2. The fourth-order valence-corrected chi connectivity index (χ4v) is 3.55. The second-order valence-corrected chi connectivity index (χ2v) is 7.54. The molecule has 2 rings (SSSR count). The Morgan fingerprint density at radius 3 is 2.45 bits per heavy atom. The average Bonchev–Trinajstić information content (AvgIpc) is 2.33. The van der Waals surface area contributed by atoms with E-state index in [2.05, 4.69) is 25.7 Å². The van der Waals surface area contributed by atoms with Gasteiger partial charge in [0.05, 0.1) is 16.3 Å². The van der Waals surface area contributed by atoms with Crippen LogP contribution in [0.2, 0.25) is 0 Å². The van der Waals surface area contributed by atoms with Crippen LogP contribution in [0, 0.1) is 11.8 Å². The molecular weight excluding hydrogens is 274 g/mol. The SMILES string of the molecule is CC1CC(C)C(C)N(c2ccc(S(N)(=O)=O)cc2N)C1. The Bertz CT molecular complexity index is 600. The standard InChI is InChI=1S/C14H23N3O2S/c1-9-6-10(2)11(3)17(8-9)14-5-4-12(7-13(14)15)20(16,18)19/h4-5,7,9-11H,6,8,15H2,1-3H3,(H2,16,18,19). The predicted octanol–water partition coefficient (Wildman–Crippen LogP) is 1.79. The van der Waals surface area contributed by atoms with Crippen LogP contribution in [-0.2, 0) is 10.0 Å². The quantitative estimate of drug-likeness (QED) is 0.814. The molecule has 1 saturated heterocycles. The minimum atomic E-state index is -3.71. The smallest absolute Gasteiger partial charge is 0.238 e. The molecule has 1 heterocycles. The molecule has 0 radical (unpaired) electrons. The molecule has 3 atom stereocenters. The number of nitrogens with zero attached hydrogens (tertiary/aromatic N) is 1. The van der Waals surface area contributed by atoms with Gasteiger partial charge in [0.15, 0.2) is 0 Å². The summed E-state index contributed by atoms with van der Waals surface area (Å²) in [6, 6.07) is 5.11. The Kier molecular flexibility index (Phi) is 3.97. The number of hydrogen-bond donors (Lipinski definition) is 2. The number of hydrogen-bond acceptors (Lipinski definition) is 4. The van der Waals surface area contributed by atoms with Crippen molar-refractivity contribution in [2.45, 2.75) is 38.1 Å². The van der Waals surface area contributed by atoms with E-state index in [9.17, 15) is 8.42 Å². The summed E-state index contributed by atoms with van der Waals surface area (Å²) >= 11 is 0. The third-order valence-electron chi connectivity index (χ3n) is 4.23. The van der Waals surface area contributed by atoms with Crippen LogP contribution >= 0.6 is 0 Å². The number of piperidine rings is 1. The van der Waals surface area contributed by atoms with Crippen LogP contribution in [0.1, 0.15) is 27.2 Å². The summed E-state index contributed by atoms with van der Waals surface area (Å²) in [5.74, 6) is 1.18. The fraction of sp³-hybridized carbons (Fsp3) is 0.571. The first-order valence-electron chi connectivity index (χ1n) is 6.89. The molecule has 0 aliphatic carbocycles. The molecule has 1 aliphatic heterocycles. The summed E-state index contributed by atoms with van der Waals surface area (Å²) in [6.45, 7) is 7.58. The molecule has 1 aliphatic rings. The van der Waals surface area contributed by atoms with Gasteiger partial charge in [0, 0.05) is 12.6 Å². The van der Waals surface area contributed by atoms with Crippen molar-refractivity contribution < 1.29 is 8.42 Å². The second kappa shape index (κ2) is 5.26. The van der Waals surface area contributed by atoms with E-state index in [-0.39, 0.29) is 4.90 Å². The molecule has 1 aromatic rings. The second-order valence-electron chi connectivity index (χ2n) is 5.98. The molecule has 4 N–H and O–H groups in total. The minimum Gasteiger partial charge on any atom is -0.397 e. The summed E-state index contributed by atoms with van der Waals surface area (Å²) in [5, 5.41) is 5.13. The number of benzene rings is 1. The zero-order valence-electron chi connectivity index (χ0n) is 12.2. The predicted molar refractivity (Wildman–Crippen MR) is 82.0 cm³/mol. The van der Waals surface area contributed by atoms with E-state index in [0.717, 1.165) is 12.2 Å². The highest BCUT2D eigenvalue weighted by Crippen LogP contribution is 2.35. The first kappa shape index (κ1) is 15.1. The van der Waals surface area contributed by atoms with E-state index in [1.165, 1.54) is 18.6 Å². The van der Waals surface area contributed by atoms with Crippen molar-refractivity contribution >= 4 is 21.4 Å². The van der Waals surface area contributed by atoms with Gasteiger partial charge < -0.3 is 10.6 Å². The number of primary sulfonamides is 1. The molecule has 0 aromatic heterocycles. The number of nitrogen functional groups attached to an aromatic ring is 1. The third-order valence-corrected chi connectivity index (χ3v) is 5.15. The van der Waals surface area contributed by atoms with Crippen LogP contribution in [0.5, 0.6) is 0 Å². The lowest BCUT2D eigenvalue weighted by atomic mass is 9.85. The number of sulfonamides is 1. The van der Waals surface area contributed by atoms with E-state index in [0.29, 0.717) is 23.6 Å². The molecule has 0 amide bonds. The first-order chi connectivity index (χ1) is 9.20. The van der Waals surface area contributed by atoms with Crippen LogP contribution in [0.3, 0.4) is 0 Å². The van der Waals surface area contributed by atoms with Crippen molar-refractivity contribution in [3.63, 3.8) is 0 Å². The lowest BCUT2D eigenvalue weighted by Gasteiger charge is -2.43. The number of rotatable bonds is 2. The average molecular weight is 297 g/mol. The largest absolute Gasteiger partial charge is 0.397 e. The van der Waals surface area contributed by atoms with Gasteiger partial charge in [-0.3, -0.25) is 0 Å². The highest BCUT2D eigenvalue weighted by molar-refractivity contribution is 7.89. The normalized spacial score (nSPS) is 27.6. The van der Waals surface area contributed by atoms with Crippen molar-refractivity contribution in [2.24, 2.45) is 17.0 Å². The van der Waals surface area contributed by atoms with Gasteiger partial charge in [0.25, 0.3) is 0 Å². The first-order valence-corrected chi connectivity index (χ1v) is 8.43. The Balaban J connectivity index is 2.38. The third kappa shape index (κ3) is 2.91. The Hall–Kier alpha value is -1.27. The molecular formula is C14H23N3O2S. The molecule has 1 aromatic carbocycles. The molecule has 0 bridgehead atoms. The van der Waals surface area contributed by atoms with E-state index in [1.54, 1.807) is 6.07 Å². The van der Waals surface area contributed by atoms with Crippen LogP contribution in [0.15, 0.2) is 23.1 Å². The topological polar surface area (TPSA) is 89.4 Å². The van der Waals surface area contributed by atoms with E-state index < -0.39 is 10.0 Å². The lowest BCUT2D eigenvalue weighted by molar-refractivity contribution is 0.297. The van der Waals surface area contributed by atoms with Crippen LogP contribution in [0.4, 0.5) is 11.4 Å². The molecule has 6 heteroatoms. The van der Waals surface area contributed by atoms with Crippen LogP contribution < -0.4 is 15.8 Å². The van der Waals surface area contributed by atoms with E-state index >= 15 is 0 Å². The Morgan fingerprint density at radius 2 is 1.90 bits per heavy atom. The summed E-state index contributed by atoms with van der Waals surface area (Å²) in [6.07, 6.45) is 1.20. The summed E-state index contributed by atoms with van der Waals surface area (Å²) in [4.78, 5) is 2.32. The van der Waals surface area contributed by atoms with Gasteiger partial charge in [0.1, 0.15) is 0 Å². The highest BCUT2D eigenvalue weighted by Gasteiger charge is 2.30. The van der Waals surface area contributed by atoms with Gasteiger partial charge in [-0.15, -0.1) is 0 Å². The summed E-state index contributed by atoms with van der Waals surface area (Å²) in [5.41, 5.74) is 7.39. The molecule has 0 saturated carbocycles.